The first kappa shape index (κ1) is 13.7. The first-order valence-electron chi connectivity index (χ1n) is 7.53. The molecule has 2 amide bonds. The topological polar surface area (TPSA) is 35.6 Å². The van der Waals surface area contributed by atoms with E-state index in [0.29, 0.717) is 6.04 Å². The standard InChI is InChI=1S/C14H27N3O/c1-15-12-13-8-4-7-11-17(13)14(18)16-9-5-2-3-6-10-16/h13,15H,2-12H2,1H3. The van der Waals surface area contributed by atoms with E-state index in [-0.39, 0.29) is 6.03 Å². The lowest BCUT2D eigenvalue weighted by atomic mass is 10.0. The van der Waals surface area contributed by atoms with Crippen molar-refractivity contribution in [2.75, 3.05) is 33.2 Å². The van der Waals surface area contributed by atoms with E-state index in [2.05, 4.69) is 15.1 Å². The number of nitrogens with one attached hydrogen (secondary N) is 1. The van der Waals surface area contributed by atoms with Crippen molar-refractivity contribution in [2.45, 2.75) is 51.0 Å². The molecule has 2 aliphatic heterocycles. The van der Waals surface area contributed by atoms with Crippen LogP contribution in [0.5, 0.6) is 0 Å². The quantitative estimate of drug-likeness (QED) is 0.817. The van der Waals surface area contributed by atoms with Gasteiger partial charge in [-0.15, -0.1) is 0 Å². The Morgan fingerprint density at radius 1 is 1.06 bits per heavy atom. The minimum atomic E-state index is 0.289. The molecule has 0 saturated carbocycles. The van der Waals surface area contributed by atoms with E-state index in [0.717, 1.165) is 32.6 Å². The molecule has 1 unspecified atom stereocenters. The third-order valence-electron chi connectivity index (χ3n) is 4.19. The van der Waals surface area contributed by atoms with E-state index >= 15 is 0 Å². The molecule has 0 bridgehead atoms. The molecule has 0 aliphatic carbocycles. The molecule has 2 rings (SSSR count). The van der Waals surface area contributed by atoms with Gasteiger partial charge in [-0.05, 0) is 39.2 Å². The van der Waals surface area contributed by atoms with Crippen LogP contribution in [0.1, 0.15) is 44.9 Å². The van der Waals surface area contributed by atoms with Crippen LogP contribution in [0.4, 0.5) is 4.79 Å². The minimum absolute atomic E-state index is 0.289. The second-order valence-electron chi connectivity index (χ2n) is 5.58. The van der Waals surface area contributed by atoms with Gasteiger partial charge >= 0.3 is 6.03 Å². The SMILES string of the molecule is CNCC1CCCCN1C(=O)N1CCCCCC1. The van der Waals surface area contributed by atoms with Crippen molar-refractivity contribution in [3.63, 3.8) is 0 Å². The summed E-state index contributed by atoms with van der Waals surface area (Å²) in [6, 6.07) is 0.691. The highest BCUT2D eigenvalue weighted by molar-refractivity contribution is 5.75. The van der Waals surface area contributed by atoms with Crippen molar-refractivity contribution in [3.05, 3.63) is 0 Å². The zero-order valence-electron chi connectivity index (χ0n) is 11.7. The summed E-state index contributed by atoms with van der Waals surface area (Å²) in [4.78, 5) is 16.8. The number of likely N-dealkylation sites (tertiary alicyclic amines) is 2. The van der Waals surface area contributed by atoms with E-state index in [4.69, 9.17) is 0 Å². The summed E-state index contributed by atoms with van der Waals surface area (Å²) in [6.07, 6.45) is 8.50. The van der Waals surface area contributed by atoms with Crippen LogP contribution in [0.15, 0.2) is 0 Å². The average Bonchev–Trinajstić information content (AvgIpc) is 2.68. The molecule has 0 aromatic heterocycles. The van der Waals surface area contributed by atoms with Crippen LogP contribution in [0.3, 0.4) is 0 Å². The van der Waals surface area contributed by atoms with E-state index in [9.17, 15) is 4.79 Å². The fourth-order valence-electron chi connectivity index (χ4n) is 3.14. The Labute approximate surface area is 111 Å². The maximum atomic E-state index is 12.6. The number of urea groups is 1. The third kappa shape index (κ3) is 3.37. The molecule has 2 fully saturated rings. The number of carbonyl (C=O) groups is 1. The maximum absolute atomic E-state index is 12.6. The summed E-state index contributed by atoms with van der Waals surface area (Å²) >= 11 is 0. The van der Waals surface area contributed by atoms with Crippen LogP contribution in [-0.4, -0.2) is 55.1 Å². The van der Waals surface area contributed by atoms with E-state index in [1.54, 1.807) is 0 Å². The number of amides is 2. The molecule has 18 heavy (non-hydrogen) atoms. The molecule has 0 spiro atoms. The highest BCUT2D eigenvalue weighted by Gasteiger charge is 2.29. The number of hydrogen-bond donors (Lipinski definition) is 1. The van der Waals surface area contributed by atoms with Crippen molar-refractivity contribution in [1.82, 2.24) is 15.1 Å². The summed E-state index contributed by atoms with van der Waals surface area (Å²) in [5, 5.41) is 3.23. The predicted octanol–water partition coefficient (Wildman–Crippen LogP) is 2.06. The van der Waals surface area contributed by atoms with E-state index in [1.165, 1.54) is 38.5 Å². The molecule has 1 atom stereocenters. The van der Waals surface area contributed by atoms with Gasteiger partial charge in [-0.3, -0.25) is 0 Å². The molecule has 4 nitrogen and oxygen atoms in total. The zero-order chi connectivity index (χ0) is 12.8. The van der Waals surface area contributed by atoms with Crippen LogP contribution < -0.4 is 5.32 Å². The van der Waals surface area contributed by atoms with Gasteiger partial charge in [0.25, 0.3) is 0 Å². The Morgan fingerprint density at radius 3 is 2.39 bits per heavy atom. The number of carbonyl (C=O) groups excluding carboxylic acids is 1. The zero-order valence-corrected chi connectivity index (χ0v) is 11.7. The van der Waals surface area contributed by atoms with Crippen LogP contribution in [0.25, 0.3) is 0 Å². The molecule has 2 saturated heterocycles. The number of hydrogen-bond acceptors (Lipinski definition) is 2. The van der Waals surface area contributed by atoms with E-state index < -0.39 is 0 Å². The molecule has 2 aliphatic rings. The van der Waals surface area contributed by atoms with Gasteiger partial charge in [0.2, 0.25) is 0 Å². The smallest absolute Gasteiger partial charge is 0.320 e. The Balaban J connectivity index is 1.95. The summed E-state index contributed by atoms with van der Waals surface area (Å²) in [5.74, 6) is 0. The minimum Gasteiger partial charge on any atom is -0.325 e. The van der Waals surface area contributed by atoms with Crippen LogP contribution >= 0.6 is 0 Å². The van der Waals surface area contributed by atoms with Crippen molar-refractivity contribution in [3.8, 4) is 0 Å². The van der Waals surface area contributed by atoms with Crippen LogP contribution in [-0.2, 0) is 0 Å². The first-order chi connectivity index (χ1) is 8.83. The fraction of sp³-hybridized carbons (Fsp3) is 0.929. The lowest BCUT2D eigenvalue weighted by Gasteiger charge is -2.39. The largest absolute Gasteiger partial charge is 0.325 e. The van der Waals surface area contributed by atoms with Gasteiger partial charge in [0.1, 0.15) is 0 Å². The van der Waals surface area contributed by atoms with Gasteiger partial charge in [0.05, 0.1) is 0 Å². The number of likely N-dealkylation sites (N-methyl/N-ethyl adjacent to an activating group) is 1. The molecule has 4 heteroatoms. The Bertz CT molecular complexity index is 260. The Hall–Kier alpha value is -0.770. The molecule has 1 N–H and O–H groups in total. The molecular weight excluding hydrogens is 226 g/mol. The van der Waals surface area contributed by atoms with Crippen LogP contribution in [0.2, 0.25) is 0 Å². The summed E-state index contributed by atoms with van der Waals surface area (Å²) in [6.45, 7) is 3.80. The summed E-state index contributed by atoms with van der Waals surface area (Å²) < 4.78 is 0. The lowest BCUT2D eigenvalue weighted by Crippen LogP contribution is -2.53. The fourth-order valence-corrected chi connectivity index (χ4v) is 3.14. The van der Waals surface area contributed by atoms with Gasteiger partial charge in [0.15, 0.2) is 0 Å². The van der Waals surface area contributed by atoms with Gasteiger partial charge < -0.3 is 15.1 Å². The second kappa shape index (κ2) is 6.98. The average molecular weight is 253 g/mol. The first-order valence-corrected chi connectivity index (χ1v) is 7.53. The van der Waals surface area contributed by atoms with E-state index in [1.807, 2.05) is 7.05 Å². The van der Waals surface area contributed by atoms with Crippen molar-refractivity contribution in [1.29, 1.82) is 0 Å². The number of rotatable bonds is 2. The maximum Gasteiger partial charge on any atom is 0.320 e. The number of nitrogens with zero attached hydrogens (tertiary/aromatic N) is 2. The molecule has 2 heterocycles. The molecule has 0 aromatic carbocycles. The van der Waals surface area contributed by atoms with Crippen molar-refractivity contribution >= 4 is 6.03 Å². The second-order valence-corrected chi connectivity index (χ2v) is 5.58. The lowest BCUT2D eigenvalue weighted by molar-refractivity contribution is 0.116. The summed E-state index contributed by atoms with van der Waals surface area (Å²) in [5.41, 5.74) is 0. The molecular formula is C14H27N3O. The monoisotopic (exact) mass is 253 g/mol. The van der Waals surface area contributed by atoms with Gasteiger partial charge in [-0.1, -0.05) is 12.8 Å². The highest BCUT2D eigenvalue weighted by atomic mass is 16.2. The van der Waals surface area contributed by atoms with Crippen molar-refractivity contribution in [2.24, 2.45) is 0 Å². The third-order valence-corrected chi connectivity index (χ3v) is 4.19. The molecule has 104 valence electrons. The van der Waals surface area contributed by atoms with Gasteiger partial charge in [-0.25, -0.2) is 4.79 Å². The highest BCUT2D eigenvalue weighted by Crippen LogP contribution is 2.20. The Morgan fingerprint density at radius 2 is 1.72 bits per heavy atom. The van der Waals surface area contributed by atoms with Crippen LogP contribution in [0, 0.1) is 0 Å². The molecule has 0 aromatic rings. The normalized spacial score (nSPS) is 25.9. The van der Waals surface area contributed by atoms with Gasteiger partial charge in [-0.2, -0.15) is 0 Å². The Kier molecular flexibility index (Phi) is 5.29. The predicted molar refractivity (Wildman–Crippen MR) is 73.7 cm³/mol. The van der Waals surface area contributed by atoms with Gasteiger partial charge in [0, 0.05) is 32.2 Å². The van der Waals surface area contributed by atoms with Crippen molar-refractivity contribution < 1.29 is 4.79 Å². The molecule has 0 radical (unpaired) electrons. The summed E-state index contributed by atoms with van der Waals surface area (Å²) in [7, 11) is 1.98. The number of piperidine rings is 1.